The Morgan fingerprint density at radius 3 is 2.62 bits per heavy atom. The van der Waals surface area contributed by atoms with E-state index >= 15 is 0 Å². The first-order chi connectivity index (χ1) is 16.3. The van der Waals surface area contributed by atoms with Crippen LogP contribution in [0.1, 0.15) is 5.82 Å². The molecule has 0 aliphatic heterocycles. The minimum absolute atomic E-state index is 0.0494. The highest BCUT2D eigenvalue weighted by molar-refractivity contribution is 7.99. The number of carbonyl (C=O) groups is 2. The van der Waals surface area contributed by atoms with Crippen molar-refractivity contribution in [1.82, 2.24) is 14.8 Å². The lowest BCUT2D eigenvalue weighted by Gasteiger charge is -2.09. The number of amides is 2. The lowest BCUT2D eigenvalue weighted by molar-refractivity contribution is -0.384. The van der Waals surface area contributed by atoms with Crippen LogP contribution in [0.5, 0.6) is 0 Å². The van der Waals surface area contributed by atoms with E-state index in [0.717, 1.165) is 17.8 Å². The number of aromatic nitrogens is 3. The molecule has 13 heteroatoms. The second kappa shape index (κ2) is 11.4. The highest BCUT2D eigenvalue weighted by Crippen LogP contribution is 2.27. The van der Waals surface area contributed by atoms with Crippen molar-refractivity contribution < 1.29 is 18.9 Å². The van der Waals surface area contributed by atoms with Crippen molar-refractivity contribution in [3.8, 4) is 0 Å². The van der Waals surface area contributed by atoms with Gasteiger partial charge in [-0.2, -0.15) is 0 Å². The fourth-order valence-corrected chi connectivity index (χ4v) is 3.74. The van der Waals surface area contributed by atoms with Crippen LogP contribution in [-0.4, -0.2) is 37.3 Å². The molecule has 0 saturated carbocycles. The van der Waals surface area contributed by atoms with Gasteiger partial charge < -0.3 is 15.2 Å². The van der Waals surface area contributed by atoms with E-state index in [1.54, 1.807) is 16.7 Å². The van der Waals surface area contributed by atoms with E-state index in [-0.39, 0.29) is 40.8 Å². The third kappa shape index (κ3) is 6.39. The maximum absolute atomic E-state index is 13.8. The summed E-state index contributed by atoms with van der Waals surface area (Å²) in [6.45, 7) is 3.95. The molecule has 0 radical (unpaired) electrons. The molecular formula is C21H18ClFN6O4S. The normalized spacial score (nSPS) is 10.5. The highest BCUT2D eigenvalue weighted by Gasteiger charge is 2.18. The standard InChI is InChI=1S/C21H18ClFN6O4S/c1-2-9-28-18(11-19(30)24-16-6-4-3-5-15(16)23)26-27-21(28)34-12-20(31)25-17-10-13(29(32)33)7-8-14(17)22/h2-8,10H,1,9,11-12H2,(H,24,30)(H,25,31). The summed E-state index contributed by atoms with van der Waals surface area (Å²) in [5, 5.41) is 24.5. The molecule has 0 aliphatic rings. The zero-order valence-electron chi connectivity index (χ0n) is 17.5. The Morgan fingerprint density at radius 2 is 1.91 bits per heavy atom. The van der Waals surface area contributed by atoms with E-state index in [4.69, 9.17) is 11.6 Å². The number of nitro benzene ring substituents is 1. The molecule has 0 spiro atoms. The first kappa shape index (κ1) is 24.9. The molecule has 2 amide bonds. The molecule has 0 fully saturated rings. The molecule has 3 aromatic rings. The van der Waals surface area contributed by atoms with E-state index in [1.807, 2.05) is 0 Å². The Bertz CT molecular complexity index is 1250. The van der Waals surface area contributed by atoms with Crippen LogP contribution in [0.2, 0.25) is 5.02 Å². The van der Waals surface area contributed by atoms with Gasteiger partial charge in [-0.1, -0.05) is 41.6 Å². The zero-order chi connectivity index (χ0) is 24.7. The number of halogens is 2. The molecule has 0 saturated heterocycles. The van der Waals surface area contributed by atoms with Gasteiger partial charge in [0.1, 0.15) is 11.6 Å². The number of rotatable bonds is 10. The number of thioether (sulfide) groups is 1. The average molecular weight is 505 g/mol. The summed E-state index contributed by atoms with van der Waals surface area (Å²) in [5.74, 6) is -1.32. The van der Waals surface area contributed by atoms with Gasteiger partial charge in [-0.3, -0.25) is 19.7 Å². The van der Waals surface area contributed by atoms with Crippen molar-refractivity contribution in [2.24, 2.45) is 0 Å². The van der Waals surface area contributed by atoms with Crippen molar-refractivity contribution in [2.75, 3.05) is 16.4 Å². The van der Waals surface area contributed by atoms with E-state index in [0.29, 0.717) is 11.0 Å². The summed E-state index contributed by atoms with van der Waals surface area (Å²) >= 11 is 7.05. The van der Waals surface area contributed by atoms with Crippen LogP contribution >= 0.6 is 23.4 Å². The zero-order valence-corrected chi connectivity index (χ0v) is 19.1. The topological polar surface area (TPSA) is 132 Å². The molecule has 0 unspecified atom stereocenters. The molecule has 10 nitrogen and oxygen atoms in total. The van der Waals surface area contributed by atoms with Crippen molar-refractivity contribution in [2.45, 2.75) is 18.1 Å². The van der Waals surface area contributed by atoms with Gasteiger partial charge in [-0.15, -0.1) is 16.8 Å². The third-order valence-electron chi connectivity index (χ3n) is 4.34. The molecular weight excluding hydrogens is 487 g/mol. The van der Waals surface area contributed by atoms with Gasteiger partial charge in [-0.05, 0) is 18.2 Å². The second-order valence-corrected chi connectivity index (χ2v) is 8.11. The number of nitro groups is 1. The number of nitrogens with zero attached hydrogens (tertiary/aromatic N) is 4. The lowest BCUT2D eigenvalue weighted by Crippen LogP contribution is -2.18. The van der Waals surface area contributed by atoms with Crippen LogP contribution < -0.4 is 10.6 Å². The molecule has 0 atom stereocenters. The minimum Gasteiger partial charge on any atom is -0.324 e. The number of hydrogen-bond donors (Lipinski definition) is 2. The SMILES string of the molecule is C=CCn1c(CC(=O)Nc2ccccc2F)nnc1SCC(=O)Nc1cc([N+](=O)[O-])ccc1Cl. The van der Waals surface area contributed by atoms with Crippen LogP contribution in [0, 0.1) is 15.9 Å². The number of anilines is 2. The molecule has 1 heterocycles. The monoisotopic (exact) mass is 504 g/mol. The first-order valence-electron chi connectivity index (χ1n) is 9.72. The van der Waals surface area contributed by atoms with Crippen molar-refractivity contribution in [1.29, 1.82) is 0 Å². The van der Waals surface area contributed by atoms with E-state index in [2.05, 4.69) is 27.4 Å². The number of carbonyl (C=O) groups excluding carboxylic acids is 2. The van der Waals surface area contributed by atoms with Crippen LogP contribution in [0.15, 0.2) is 60.3 Å². The molecule has 1 aromatic heterocycles. The predicted molar refractivity (Wildman–Crippen MR) is 126 cm³/mol. The molecule has 0 aliphatic carbocycles. The summed E-state index contributed by atoms with van der Waals surface area (Å²) in [4.78, 5) is 35.1. The number of allylic oxidation sites excluding steroid dienone is 1. The number of benzene rings is 2. The summed E-state index contributed by atoms with van der Waals surface area (Å²) in [7, 11) is 0. The molecule has 2 aromatic carbocycles. The summed E-state index contributed by atoms with van der Waals surface area (Å²) in [6, 6.07) is 9.50. The van der Waals surface area contributed by atoms with Crippen LogP contribution in [0.25, 0.3) is 0 Å². The molecule has 0 bridgehead atoms. The number of hydrogen-bond acceptors (Lipinski definition) is 7. The predicted octanol–water partition coefficient (Wildman–Crippen LogP) is 4.08. The second-order valence-electron chi connectivity index (χ2n) is 6.76. The maximum atomic E-state index is 13.8. The van der Waals surface area contributed by atoms with Gasteiger partial charge >= 0.3 is 0 Å². The quantitative estimate of drug-likeness (QED) is 0.184. The largest absolute Gasteiger partial charge is 0.324 e. The maximum Gasteiger partial charge on any atom is 0.271 e. The number of para-hydroxylation sites is 1. The van der Waals surface area contributed by atoms with E-state index in [9.17, 15) is 24.1 Å². The molecule has 34 heavy (non-hydrogen) atoms. The van der Waals surface area contributed by atoms with Gasteiger partial charge in [0, 0.05) is 18.7 Å². The fraction of sp³-hybridized carbons (Fsp3) is 0.143. The summed E-state index contributed by atoms with van der Waals surface area (Å²) in [5.41, 5.74) is -0.0516. The summed E-state index contributed by atoms with van der Waals surface area (Å²) < 4.78 is 15.4. The number of nitrogens with one attached hydrogen (secondary N) is 2. The van der Waals surface area contributed by atoms with Gasteiger partial charge in [0.05, 0.1) is 33.5 Å². The third-order valence-corrected chi connectivity index (χ3v) is 5.64. The van der Waals surface area contributed by atoms with Crippen molar-refractivity contribution >= 4 is 52.2 Å². The van der Waals surface area contributed by atoms with E-state index < -0.39 is 22.6 Å². The smallest absolute Gasteiger partial charge is 0.271 e. The van der Waals surface area contributed by atoms with Gasteiger partial charge in [-0.25, -0.2) is 4.39 Å². The Balaban J connectivity index is 1.65. The Labute approximate surface area is 202 Å². The fourth-order valence-electron chi connectivity index (χ4n) is 2.81. The van der Waals surface area contributed by atoms with Crippen molar-refractivity contribution in [3.05, 3.63) is 81.9 Å². The molecule has 176 valence electrons. The Kier molecular flexibility index (Phi) is 8.33. The van der Waals surface area contributed by atoms with Crippen molar-refractivity contribution in [3.63, 3.8) is 0 Å². The Hall–Kier alpha value is -3.77. The van der Waals surface area contributed by atoms with Gasteiger partial charge in [0.25, 0.3) is 5.69 Å². The molecule has 3 rings (SSSR count). The first-order valence-corrected chi connectivity index (χ1v) is 11.1. The minimum atomic E-state index is -0.595. The Morgan fingerprint density at radius 1 is 1.18 bits per heavy atom. The van der Waals surface area contributed by atoms with Gasteiger partial charge in [0.15, 0.2) is 5.16 Å². The highest BCUT2D eigenvalue weighted by atomic mass is 35.5. The van der Waals surface area contributed by atoms with Gasteiger partial charge in [0.2, 0.25) is 11.8 Å². The van der Waals surface area contributed by atoms with Crippen LogP contribution in [0.3, 0.4) is 0 Å². The number of non-ortho nitro benzene ring substituents is 1. The molecule has 2 N–H and O–H groups in total. The van der Waals surface area contributed by atoms with Crippen LogP contribution in [0.4, 0.5) is 21.5 Å². The average Bonchev–Trinajstić information content (AvgIpc) is 3.16. The van der Waals surface area contributed by atoms with E-state index in [1.165, 1.54) is 30.3 Å². The lowest BCUT2D eigenvalue weighted by atomic mass is 10.3. The summed E-state index contributed by atoms with van der Waals surface area (Å²) in [6.07, 6.45) is 1.40. The van der Waals surface area contributed by atoms with Crippen LogP contribution in [-0.2, 0) is 22.6 Å².